The second kappa shape index (κ2) is 10.6. The summed E-state index contributed by atoms with van der Waals surface area (Å²) >= 11 is 0. The van der Waals surface area contributed by atoms with E-state index in [2.05, 4.69) is 117 Å². The zero-order valence-corrected chi connectivity index (χ0v) is 19.6. The molecule has 0 fully saturated rings. The van der Waals surface area contributed by atoms with Crippen molar-refractivity contribution in [2.24, 2.45) is 0 Å². The van der Waals surface area contributed by atoms with Crippen LogP contribution < -0.4 is 0 Å². The van der Waals surface area contributed by atoms with Crippen LogP contribution in [0.1, 0.15) is 25.0 Å². The van der Waals surface area contributed by atoms with Crippen LogP contribution in [0.5, 0.6) is 0 Å². The number of rotatable bonds is 6. The highest BCUT2D eigenvalue weighted by molar-refractivity contribution is 6.05. The molecule has 0 amide bonds. The minimum atomic E-state index is 1.24. The van der Waals surface area contributed by atoms with Gasteiger partial charge in [0.05, 0.1) is 0 Å². The van der Waals surface area contributed by atoms with Gasteiger partial charge in [-0.2, -0.15) is 0 Å². The molecule has 0 spiro atoms. The van der Waals surface area contributed by atoms with Crippen molar-refractivity contribution < 1.29 is 0 Å². The summed E-state index contributed by atoms with van der Waals surface area (Å²) in [5.41, 5.74) is 8.81. The first-order chi connectivity index (χ1) is 16.2. The van der Waals surface area contributed by atoms with E-state index in [9.17, 15) is 0 Å². The van der Waals surface area contributed by atoms with E-state index >= 15 is 0 Å². The second-order valence-electron chi connectivity index (χ2n) is 8.29. The van der Waals surface area contributed by atoms with Gasteiger partial charge in [-0.3, -0.25) is 0 Å². The van der Waals surface area contributed by atoms with E-state index in [0.29, 0.717) is 0 Å². The van der Waals surface area contributed by atoms with Gasteiger partial charge in [-0.25, -0.2) is 0 Å². The molecule has 0 saturated heterocycles. The predicted molar refractivity (Wildman–Crippen MR) is 146 cm³/mol. The lowest BCUT2D eigenvalue weighted by molar-refractivity contribution is 1.47. The van der Waals surface area contributed by atoms with E-state index in [1.165, 1.54) is 49.7 Å². The van der Waals surface area contributed by atoms with Crippen molar-refractivity contribution in [3.8, 4) is 22.3 Å². The van der Waals surface area contributed by atoms with E-state index in [1.54, 1.807) is 0 Å². The fourth-order valence-corrected chi connectivity index (χ4v) is 4.05. The summed E-state index contributed by atoms with van der Waals surface area (Å²) in [6.07, 6.45) is 14.4. The van der Waals surface area contributed by atoms with Crippen LogP contribution in [0.2, 0.25) is 0 Å². The van der Waals surface area contributed by atoms with Gasteiger partial charge in [-0.15, -0.1) is 0 Å². The molecule has 0 heterocycles. The highest BCUT2D eigenvalue weighted by Crippen LogP contribution is 2.36. The predicted octanol–water partition coefficient (Wildman–Crippen LogP) is 9.57. The maximum absolute atomic E-state index is 2.26. The maximum Gasteiger partial charge on any atom is -0.00992 e. The Morgan fingerprint density at radius 2 is 1.09 bits per heavy atom. The van der Waals surface area contributed by atoms with Gasteiger partial charge >= 0.3 is 0 Å². The molecule has 0 unspecified atom stereocenters. The Hall–Kier alpha value is -3.90. The SMILES string of the molecule is C/C=C/C=C\C=C/C=C(\C)c1ccc(-c2ccc(-c3ccc(C)cc3)c3ccccc23)cc1. The molecule has 4 aromatic rings. The molecule has 162 valence electrons. The highest BCUT2D eigenvalue weighted by Gasteiger charge is 2.09. The minimum Gasteiger partial charge on any atom is -0.0877 e. The maximum atomic E-state index is 2.26. The summed E-state index contributed by atoms with van der Waals surface area (Å²) in [6, 6.07) is 30.9. The van der Waals surface area contributed by atoms with Gasteiger partial charge in [0.25, 0.3) is 0 Å². The smallest absolute Gasteiger partial charge is 0.00992 e. The third-order valence-corrected chi connectivity index (χ3v) is 5.92. The van der Waals surface area contributed by atoms with E-state index in [1.807, 2.05) is 31.2 Å². The van der Waals surface area contributed by atoms with Crippen molar-refractivity contribution in [2.75, 3.05) is 0 Å². The monoisotopic (exact) mass is 426 g/mol. The molecule has 0 heteroatoms. The standard InChI is InChI=1S/C33H30/c1-4-5-6-7-8-9-12-26(3)27-19-21-29(22-20-27)31-24-23-30(28-17-15-25(2)16-18-28)32-13-10-11-14-33(31)32/h4-24H,1-3H3/b5-4+,7-6-,9-8-,26-12+. The second-order valence-corrected chi connectivity index (χ2v) is 8.29. The van der Waals surface area contributed by atoms with Gasteiger partial charge in [0, 0.05) is 0 Å². The molecule has 0 saturated carbocycles. The lowest BCUT2D eigenvalue weighted by Gasteiger charge is -2.13. The zero-order valence-electron chi connectivity index (χ0n) is 19.6. The molecule has 4 rings (SSSR count). The molecule has 0 aliphatic carbocycles. The van der Waals surface area contributed by atoms with Gasteiger partial charge in [-0.1, -0.05) is 133 Å². The average Bonchev–Trinajstić information content (AvgIpc) is 2.86. The van der Waals surface area contributed by atoms with Crippen molar-refractivity contribution in [1.82, 2.24) is 0 Å². The van der Waals surface area contributed by atoms with Crippen molar-refractivity contribution in [2.45, 2.75) is 20.8 Å². The van der Waals surface area contributed by atoms with Gasteiger partial charge in [0.2, 0.25) is 0 Å². The molecule has 0 aromatic heterocycles. The number of allylic oxidation sites excluding steroid dienone is 8. The first-order valence-electron chi connectivity index (χ1n) is 11.5. The summed E-state index contributed by atoms with van der Waals surface area (Å²) in [4.78, 5) is 0. The van der Waals surface area contributed by atoms with Crippen LogP contribution in [0.15, 0.2) is 127 Å². The number of hydrogen-bond acceptors (Lipinski definition) is 0. The molecule has 0 nitrogen and oxygen atoms in total. The van der Waals surface area contributed by atoms with Crippen LogP contribution in [0.3, 0.4) is 0 Å². The lowest BCUT2D eigenvalue weighted by atomic mass is 9.91. The van der Waals surface area contributed by atoms with Crippen molar-refractivity contribution in [3.05, 3.63) is 139 Å². The Bertz CT molecular complexity index is 1340. The van der Waals surface area contributed by atoms with Crippen molar-refractivity contribution in [1.29, 1.82) is 0 Å². The Balaban J connectivity index is 1.65. The van der Waals surface area contributed by atoms with Gasteiger partial charge < -0.3 is 0 Å². The first kappa shape index (κ1) is 22.3. The number of hydrogen-bond donors (Lipinski definition) is 0. The molecule has 0 N–H and O–H groups in total. The zero-order chi connectivity index (χ0) is 23.0. The molecule has 0 atom stereocenters. The Morgan fingerprint density at radius 1 is 0.576 bits per heavy atom. The van der Waals surface area contributed by atoms with E-state index in [4.69, 9.17) is 0 Å². The third kappa shape index (κ3) is 5.30. The largest absolute Gasteiger partial charge is 0.0877 e. The molecule has 0 bridgehead atoms. The van der Waals surface area contributed by atoms with Crippen LogP contribution in [-0.2, 0) is 0 Å². The van der Waals surface area contributed by atoms with E-state index in [0.717, 1.165) is 0 Å². The molecular weight excluding hydrogens is 396 g/mol. The number of aryl methyl sites for hydroxylation is 1. The summed E-state index contributed by atoms with van der Waals surface area (Å²) in [5.74, 6) is 0. The van der Waals surface area contributed by atoms with E-state index < -0.39 is 0 Å². The average molecular weight is 427 g/mol. The van der Waals surface area contributed by atoms with Crippen LogP contribution in [-0.4, -0.2) is 0 Å². The van der Waals surface area contributed by atoms with Gasteiger partial charge in [-0.05, 0) is 64.9 Å². The van der Waals surface area contributed by atoms with Crippen LogP contribution in [0, 0.1) is 6.92 Å². The van der Waals surface area contributed by atoms with Gasteiger partial charge in [0.15, 0.2) is 0 Å². The number of fused-ring (bicyclic) bond motifs is 1. The summed E-state index contributed by atoms with van der Waals surface area (Å²) < 4.78 is 0. The molecule has 33 heavy (non-hydrogen) atoms. The number of benzene rings is 4. The highest BCUT2D eigenvalue weighted by atomic mass is 14.1. The topological polar surface area (TPSA) is 0 Å². The molecule has 0 radical (unpaired) electrons. The Labute approximate surface area is 197 Å². The minimum absolute atomic E-state index is 1.24. The third-order valence-electron chi connectivity index (χ3n) is 5.92. The Kier molecular flexibility index (Phi) is 7.17. The molecule has 4 aromatic carbocycles. The summed E-state index contributed by atoms with van der Waals surface area (Å²) in [7, 11) is 0. The van der Waals surface area contributed by atoms with Crippen LogP contribution in [0.25, 0.3) is 38.6 Å². The normalized spacial score (nSPS) is 12.5. The summed E-state index contributed by atoms with van der Waals surface area (Å²) in [5, 5.41) is 2.57. The van der Waals surface area contributed by atoms with Gasteiger partial charge in [0.1, 0.15) is 0 Å². The summed E-state index contributed by atoms with van der Waals surface area (Å²) in [6.45, 7) is 6.30. The molecule has 0 aliphatic rings. The molecular formula is C33H30. The fourth-order valence-electron chi connectivity index (χ4n) is 4.05. The van der Waals surface area contributed by atoms with E-state index in [-0.39, 0.29) is 0 Å². The fraction of sp³-hybridized carbons (Fsp3) is 0.0909. The van der Waals surface area contributed by atoms with Crippen LogP contribution >= 0.6 is 0 Å². The lowest BCUT2D eigenvalue weighted by Crippen LogP contribution is -1.87. The Morgan fingerprint density at radius 3 is 1.67 bits per heavy atom. The van der Waals surface area contributed by atoms with Crippen LogP contribution in [0.4, 0.5) is 0 Å². The quantitative estimate of drug-likeness (QED) is 0.269. The van der Waals surface area contributed by atoms with Crippen molar-refractivity contribution in [3.63, 3.8) is 0 Å². The first-order valence-corrected chi connectivity index (χ1v) is 11.5. The van der Waals surface area contributed by atoms with Crippen molar-refractivity contribution >= 4 is 16.3 Å². The molecule has 0 aliphatic heterocycles.